The van der Waals surface area contributed by atoms with E-state index in [4.69, 9.17) is 4.74 Å². The van der Waals surface area contributed by atoms with E-state index in [1.165, 1.54) is 38.5 Å². The van der Waals surface area contributed by atoms with Crippen LogP contribution in [0.2, 0.25) is 0 Å². The summed E-state index contributed by atoms with van der Waals surface area (Å²) in [6.07, 6.45) is 9.51. The summed E-state index contributed by atoms with van der Waals surface area (Å²) in [6, 6.07) is 0. The van der Waals surface area contributed by atoms with Crippen molar-refractivity contribution in [2.45, 2.75) is 71.3 Å². The lowest BCUT2D eigenvalue weighted by molar-refractivity contribution is -0.0509. The van der Waals surface area contributed by atoms with Gasteiger partial charge in [-0.05, 0) is 38.6 Å². The smallest absolute Gasteiger partial charge is 0.0775 e. The predicted octanol–water partition coefficient (Wildman–Crippen LogP) is 3.75. The Kier molecular flexibility index (Phi) is 7.14. The molecule has 0 aromatic carbocycles. The van der Waals surface area contributed by atoms with E-state index in [1.54, 1.807) is 0 Å². The third-order valence-corrected chi connectivity index (χ3v) is 4.14. The van der Waals surface area contributed by atoms with Crippen molar-refractivity contribution >= 4 is 0 Å². The third-order valence-electron chi connectivity index (χ3n) is 4.14. The second-order valence-corrected chi connectivity index (χ2v) is 5.75. The minimum atomic E-state index is 0.0301. The van der Waals surface area contributed by atoms with E-state index in [0.717, 1.165) is 32.0 Å². The van der Waals surface area contributed by atoms with Crippen molar-refractivity contribution in [3.63, 3.8) is 0 Å². The maximum absolute atomic E-state index is 6.21. The standard InChI is InChI=1S/C15H31NO/c1-4-15(3,13-16-5-2)17-12-14-10-8-6-7-9-11-14/h14,16H,4-13H2,1-3H3. The number of rotatable bonds is 7. The average molecular weight is 241 g/mol. The maximum Gasteiger partial charge on any atom is 0.0775 e. The highest BCUT2D eigenvalue weighted by atomic mass is 16.5. The molecule has 1 rings (SSSR count). The molecular formula is C15H31NO. The van der Waals surface area contributed by atoms with Crippen LogP contribution in [0, 0.1) is 5.92 Å². The zero-order chi connectivity index (χ0) is 12.6. The van der Waals surface area contributed by atoms with E-state index >= 15 is 0 Å². The van der Waals surface area contributed by atoms with Gasteiger partial charge in [0, 0.05) is 6.54 Å². The van der Waals surface area contributed by atoms with Gasteiger partial charge >= 0.3 is 0 Å². The molecule has 0 spiro atoms. The van der Waals surface area contributed by atoms with Crippen LogP contribution in [0.4, 0.5) is 0 Å². The Hall–Kier alpha value is -0.0800. The van der Waals surface area contributed by atoms with E-state index in [9.17, 15) is 0 Å². The molecule has 1 atom stereocenters. The molecule has 1 saturated carbocycles. The minimum Gasteiger partial charge on any atom is -0.374 e. The molecule has 0 aromatic rings. The molecule has 102 valence electrons. The molecule has 1 N–H and O–H groups in total. The molecular weight excluding hydrogens is 210 g/mol. The zero-order valence-corrected chi connectivity index (χ0v) is 12.1. The molecule has 0 radical (unpaired) electrons. The molecule has 2 nitrogen and oxygen atoms in total. The lowest BCUT2D eigenvalue weighted by atomic mass is 9.99. The average Bonchev–Trinajstić information content (AvgIpc) is 2.62. The number of hydrogen-bond donors (Lipinski definition) is 1. The number of nitrogens with one attached hydrogen (secondary N) is 1. The third kappa shape index (κ3) is 5.87. The van der Waals surface area contributed by atoms with Crippen molar-refractivity contribution in [3.05, 3.63) is 0 Å². The van der Waals surface area contributed by atoms with E-state index in [-0.39, 0.29) is 5.60 Å². The molecule has 1 aliphatic carbocycles. The van der Waals surface area contributed by atoms with Gasteiger partial charge in [0.05, 0.1) is 12.2 Å². The van der Waals surface area contributed by atoms with Gasteiger partial charge < -0.3 is 10.1 Å². The van der Waals surface area contributed by atoms with Crippen LogP contribution >= 0.6 is 0 Å². The number of ether oxygens (including phenoxy) is 1. The first-order valence-corrected chi connectivity index (χ1v) is 7.55. The van der Waals surface area contributed by atoms with Crippen LogP contribution in [0.5, 0.6) is 0 Å². The second-order valence-electron chi connectivity index (χ2n) is 5.75. The number of likely N-dealkylation sites (N-methyl/N-ethyl adjacent to an activating group) is 1. The lowest BCUT2D eigenvalue weighted by Gasteiger charge is -2.31. The van der Waals surface area contributed by atoms with Crippen LogP contribution in [0.3, 0.4) is 0 Å². The van der Waals surface area contributed by atoms with Crippen LogP contribution in [-0.4, -0.2) is 25.3 Å². The molecule has 0 heterocycles. The molecule has 1 aliphatic rings. The van der Waals surface area contributed by atoms with Crippen molar-refractivity contribution in [2.24, 2.45) is 5.92 Å². The molecule has 0 saturated heterocycles. The molecule has 0 amide bonds. The molecule has 2 heteroatoms. The summed E-state index contributed by atoms with van der Waals surface area (Å²) in [5, 5.41) is 3.41. The van der Waals surface area contributed by atoms with Crippen LogP contribution in [0.1, 0.15) is 65.7 Å². The largest absolute Gasteiger partial charge is 0.374 e. The van der Waals surface area contributed by atoms with Gasteiger partial charge in [0.15, 0.2) is 0 Å². The van der Waals surface area contributed by atoms with E-state index in [2.05, 4.69) is 26.1 Å². The summed E-state index contributed by atoms with van der Waals surface area (Å²) in [7, 11) is 0. The highest BCUT2D eigenvalue weighted by Gasteiger charge is 2.24. The molecule has 0 aromatic heterocycles. The maximum atomic E-state index is 6.21. The van der Waals surface area contributed by atoms with Crippen molar-refractivity contribution in [2.75, 3.05) is 19.7 Å². The lowest BCUT2D eigenvalue weighted by Crippen LogP contribution is -2.41. The van der Waals surface area contributed by atoms with Gasteiger partial charge in [0.25, 0.3) is 0 Å². The van der Waals surface area contributed by atoms with Gasteiger partial charge in [-0.2, -0.15) is 0 Å². The fourth-order valence-corrected chi connectivity index (χ4v) is 2.52. The summed E-state index contributed by atoms with van der Waals surface area (Å²) in [6.45, 7) is 9.60. The van der Waals surface area contributed by atoms with Crippen LogP contribution < -0.4 is 5.32 Å². The summed E-state index contributed by atoms with van der Waals surface area (Å²) in [4.78, 5) is 0. The van der Waals surface area contributed by atoms with Crippen molar-refractivity contribution in [3.8, 4) is 0 Å². The van der Waals surface area contributed by atoms with E-state index in [1.807, 2.05) is 0 Å². The van der Waals surface area contributed by atoms with Crippen LogP contribution in [-0.2, 0) is 4.74 Å². The SMILES string of the molecule is CCNCC(C)(CC)OCC1CCCCCC1. The minimum absolute atomic E-state index is 0.0301. The van der Waals surface area contributed by atoms with Crippen LogP contribution in [0.15, 0.2) is 0 Å². The Morgan fingerprint density at radius 1 is 1.12 bits per heavy atom. The Morgan fingerprint density at radius 2 is 1.76 bits per heavy atom. The summed E-state index contributed by atoms with van der Waals surface area (Å²) in [5.74, 6) is 0.810. The summed E-state index contributed by atoms with van der Waals surface area (Å²) in [5.41, 5.74) is 0.0301. The van der Waals surface area contributed by atoms with Gasteiger partial charge in [0.1, 0.15) is 0 Å². The highest BCUT2D eigenvalue weighted by Crippen LogP contribution is 2.25. The predicted molar refractivity (Wildman–Crippen MR) is 74.4 cm³/mol. The molecule has 0 bridgehead atoms. The Labute approximate surface area is 108 Å². The number of hydrogen-bond acceptors (Lipinski definition) is 2. The van der Waals surface area contributed by atoms with Crippen molar-refractivity contribution < 1.29 is 4.74 Å². The first-order valence-electron chi connectivity index (χ1n) is 7.55. The van der Waals surface area contributed by atoms with Crippen LogP contribution in [0.25, 0.3) is 0 Å². The van der Waals surface area contributed by atoms with E-state index < -0.39 is 0 Å². The van der Waals surface area contributed by atoms with Gasteiger partial charge in [-0.25, -0.2) is 0 Å². The quantitative estimate of drug-likeness (QED) is 0.685. The normalized spacial score (nSPS) is 22.1. The van der Waals surface area contributed by atoms with Gasteiger partial charge in [-0.15, -0.1) is 0 Å². The topological polar surface area (TPSA) is 21.3 Å². The fraction of sp³-hybridized carbons (Fsp3) is 1.00. The fourth-order valence-electron chi connectivity index (χ4n) is 2.52. The zero-order valence-electron chi connectivity index (χ0n) is 12.1. The molecule has 1 unspecified atom stereocenters. The van der Waals surface area contributed by atoms with Gasteiger partial charge in [-0.3, -0.25) is 0 Å². The molecule has 17 heavy (non-hydrogen) atoms. The van der Waals surface area contributed by atoms with Gasteiger partial charge in [-0.1, -0.05) is 39.5 Å². The van der Waals surface area contributed by atoms with Crippen molar-refractivity contribution in [1.29, 1.82) is 0 Å². The highest BCUT2D eigenvalue weighted by molar-refractivity contribution is 4.77. The Morgan fingerprint density at radius 3 is 2.29 bits per heavy atom. The summed E-state index contributed by atoms with van der Waals surface area (Å²) < 4.78 is 6.21. The Balaban J connectivity index is 2.29. The monoisotopic (exact) mass is 241 g/mol. The summed E-state index contributed by atoms with van der Waals surface area (Å²) >= 11 is 0. The van der Waals surface area contributed by atoms with Gasteiger partial charge in [0.2, 0.25) is 0 Å². The molecule has 1 fully saturated rings. The molecule has 0 aliphatic heterocycles. The van der Waals surface area contributed by atoms with Crippen molar-refractivity contribution in [1.82, 2.24) is 5.32 Å². The second kappa shape index (κ2) is 8.10. The first kappa shape index (κ1) is 15.0. The Bertz CT molecular complexity index is 187. The van der Waals surface area contributed by atoms with E-state index in [0.29, 0.717) is 0 Å². The first-order chi connectivity index (χ1) is 8.20.